The summed E-state index contributed by atoms with van der Waals surface area (Å²) in [5.41, 5.74) is 0. The van der Waals surface area contributed by atoms with Crippen molar-refractivity contribution in [1.82, 2.24) is 10.2 Å². The Morgan fingerprint density at radius 3 is 2.72 bits per heavy atom. The zero-order valence-electron chi connectivity index (χ0n) is 11.3. The Morgan fingerprint density at radius 2 is 2.11 bits per heavy atom. The first-order valence-electron chi connectivity index (χ1n) is 6.94. The Hall–Kier alpha value is -0.650. The van der Waals surface area contributed by atoms with Gasteiger partial charge in [0, 0.05) is 38.7 Å². The lowest BCUT2D eigenvalue weighted by Gasteiger charge is -2.38. The summed E-state index contributed by atoms with van der Waals surface area (Å²) in [5.74, 6) is 0.650. The smallest absolute Gasteiger partial charge is 0.222 e. The van der Waals surface area contributed by atoms with Crippen LogP contribution >= 0.6 is 0 Å². The van der Waals surface area contributed by atoms with Crippen molar-refractivity contribution in [1.29, 1.82) is 0 Å². The summed E-state index contributed by atoms with van der Waals surface area (Å²) in [6.07, 6.45) is 3.32. The number of nitrogens with zero attached hydrogens (tertiary/aromatic N) is 1. The molecule has 1 fully saturated rings. The Bertz CT molecular complexity index is 232. The molecule has 2 atom stereocenters. The van der Waals surface area contributed by atoms with Crippen LogP contribution in [0, 0.1) is 5.92 Å². The monoisotopic (exact) mass is 258 g/mol. The minimum atomic E-state index is 0.125. The molecule has 1 rings (SSSR count). The van der Waals surface area contributed by atoms with E-state index < -0.39 is 0 Å². The average molecular weight is 258 g/mol. The van der Waals surface area contributed by atoms with Gasteiger partial charge in [0.25, 0.3) is 0 Å². The van der Waals surface area contributed by atoms with E-state index >= 15 is 0 Å². The van der Waals surface area contributed by atoms with Crippen LogP contribution in [0.25, 0.3) is 0 Å². The second-order valence-corrected chi connectivity index (χ2v) is 4.99. The molecule has 5 heteroatoms. The van der Waals surface area contributed by atoms with E-state index in [4.69, 9.17) is 10.2 Å². The van der Waals surface area contributed by atoms with Crippen molar-refractivity contribution in [3.8, 4) is 0 Å². The number of likely N-dealkylation sites (tertiary alicyclic amines) is 1. The summed E-state index contributed by atoms with van der Waals surface area (Å²) in [6, 6.07) is 0.269. The molecular formula is C13H26N2O3. The molecule has 5 nitrogen and oxygen atoms in total. The van der Waals surface area contributed by atoms with E-state index in [-0.39, 0.29) is 25.2 Å². The Labute approximate surface area is 109 Å². The minimum absolute atomic E-state index is 0.125. The SMILES string of the molecule is CCC(=O)N1CC(CCCO)CC(NCCO)C1. The second kappa shape index (κ2) is 8.45. The van der Waals surface area contributed by atoms with Gasteiger partial charge in [-0.25, -0.2) is 0 Å². The Morgan fingerprint density at radius 1 is 1.33 bits per heavy atom. The molecule has 0 aromatic carbocycles. The first-order chi connectivity index (χ1) is 8.71. The summed E-state index contributed by atoms with van der Waals surface area (Å²) in [4.78, 5) is 13.7. The molecule has 1 amide bonds. The van der Waals surface area contributed by atoms with Crippen LogP contribution in [0.2, 0.25) is 0 Å². The predicted octanol–water partition coefficient (Wildman–Crippen LogP) is -0.0321. The van der Waals surface area contributed by atoms with Crippen molar-refractivity contribution in [2.45, 2.75) is 38.6 Å². The molecule has 1 saturated heterocycles. The molecule has 0 saturated carbocycles. The number of aliphatic hydroxyl groups is 2. The number of aliphatic hydroxyl groups excluding tert-OH is 2. The van der Waals surface area contributed by atoms with Gasteiger partial charge in [-0.05, 0) is 25.2 Å². The van der Waals surface area contributed by atoms with Gasteiger partial charge >= 0.3 is 0 Å². The molecule has 0 aromatic rings. The normalized spacial score (nSPS) is 24.3. The topological polar surface area (TPSA) is 72.8 Å². The minimum Gasteiger partial charge on any atom is -0.396 e. The van der Waals surface area contributed by atoms with Crippen LogP contribution in [-0.4, -0.2) is 59.9 Å². The van der Waals surface area contributed by atoms with Crippen LogP contribution < -0.4 is 5.32 Å². The molecule has 1 aliphatic rings. The van der Waals surface area contributed by atoms with Crippen molar-refractivity contribution >= 4 is 5.91 Å². The zero-order valence-corrected chi connectivity index (χ0v) is 11.3. The van der Waals surface area contributed by atoms with Gasteiger partial charge in [-0.3, -0.25) is 4.79 Å². The summed E-state index contributed by atoms with van der Waals surface area (Å²) in [7, 11) is 0. The number of hydrogen-bond acceptors (Lipinski definition) is 4. The summed E-state index contributed by atoms with van der Waals surface area (Å²) < 4.78 is 0. The van der Waals surface area contributed by atoms with E-state index in [0.29, 0.717) is 18.9 Å². The number of nitrogens with one attached hydrogen (secondary N) is 1. The molecule has 0 bridgehead atoms. The number of piperidine rings is 1. The van der Waals surface area contributed by atoms with Crippen molar-refractivity contribution in [2.75, 3.05) is 32.8 Å². The predicted molar refractivity (Wildman–Crippen MR) is 70.2 cm³/mol. The molecule has 106 valence electrons. The highest BCUT2D eigenvalue weighted by molar-refractivity contribution is 5.76. The van der Waals surface area contributed by atoms with E-state index in [0.717, 1.165) is 32.4 Å². The summed E-state index contributed by atoms with van der Waals surface area (Å²) >= 11 is 0. The largest absolute Gasteiger partial charge is 0.396 e. The third kappa shape index (κ3) is 4.92. The Balaban J connectivity index is 2.51. The van der Waals surface area contributed by atoms with Gasteiger partial charge in [-0.15, -0.1) is 0 Å². The molecule has 0 radical (unpaired) electrons. The van der Waals surface area contributed by atoms with Crippen LogP contribution in [0.1, 0.15) is 32.6 Å². The van der Waals surface area contributed by atoms with Crippen LogP contribution in [0.5, 0.6) is 0 Å². The summed E-state index contributed by atoms with van der Waals surface area (Å²) in [5, 5.41) is 21.0. The number of rotatable bonds is 7. The highest BCUT2D eigenvalue weighted by Gasteiger charge is 2.28. The van der Waals surface area contributed by atoms with E-state index in [1.807, 2.05) is 11.8 Å². The fourth-order valence-electron chi connectivity index (χ4n) is 2.64. The third-order valence-corrected chi connectivity index (χ3v) is 3.51. The van der Waals surface area contributed by atoms with E-state index in [1.165, 1.54) is 0 Å². The fraction of sp³-hybridized carbons (Fsp3) is 0.923. The first-order valence-corrected chi connectivity index (χ1v) is 6.94. The van der Waals surface area contributed by atoms with Gasteiger partial charge < -0.3 is 20.4 Å². The van der Waals surface area contributed by atoms with E-state index in [2.05, 4.69) is 5.32 Å². The second-order valence-electron chi connectivity index (χ2n) is 4.99. The van der Waals surface area contributed by atoms with Gasteiger partial charge in [0.15, 0.2) is 0 Å². The molecule has 0 spiro atoms. The maximum atomic E-state index is 11.8. The average Bonchev–Trinajstić information content (AvgIpc) is 2.41. The highest BCUT2D eigenvalue weighted by Crippen LogP contribution is 2.21. The van der Waals surface area contributed by atoms with Gasteiger partial charge in [-0.2, -0.15) is 0 Å². The highest BCUT2D eigenvalue weighted by atomic mass is 16.3. The third-order valence-electron chi connectivity index (χ3n) is 3.51. The molecule has 18 heavy (non-hydrogen) atoms. The molecule has 1 heterocycles. The van der Waals surface area contributed by atoms with Crippen LogP contribution in [0.3, 0.4) is 0 Å². The van der Waals surface area contributed by atoms with Gasteiger partial charge in [0.1, 0.15) is 0 Å². The lowest BCUT2D eigenvalue weighted by atomic mass is 9.90. The van der Waals surface area contributed by atoms with Crippen molar-refractivity contribution in [3.05, 3.63) is 0 Å². The number of carbonyl (C=O) groups excluding carboxylic acids is 1. The maximum absolute atomic E-state index is 11.8. The van der Waals surface area contributed by atoms with Gasteiger partial charge in [0.2, 0.25) is 5.91 Å². The van der Waals surface area contributed by atoms with Crippen molar-refractivity contribution < 1.29 is 15.0 Å². The van der Waals surface area contributed by atoms with E-state index in [1.54, 1.807) is 0 Å². The standard InChI is InChI=1S/C13H26N2O3/c1-2-13(18)15-9-11(4-3-6-16)8-12(10-15)14-5-7-17/h11-12,14,16-17H,2-10H2,1H3. The van der Waals surface area contributed by atoms with Crippen molar-refractivity contribution in [2.24, 2.45) is 5.92 Å². The quantitative estimate of drug-likeness (QED) is 0.599. The zero-order chi connectivity index (χ0) is 13.4. The Kier molecular flexibility index (Phi) is 7.23. The fourth-order valence-corrected chi connectivity index (χ4v) is 2.64. The number of hydrogen-bond donors (Lipinski definition) is 3. The molecule has 2 unspecified atom stereocenters. The van der Waals surface area contributed by atoms with Crippen LogP contribution in [0.15, 0.2) is 0 Å². The maximum Gasteiger partial charge on any atom is 0.222 e. The number of carbonyl (C=O) groups is 1. The first kappa shape index (κ1) is 15.4. The molecule has 3 N–H and O–H groups in total. The number of amides is 1. The van der Waals surface area contributed by atoms with Crippen LogP contribution in [0.4, 0.5) is 0 Å². The molecule has 1 aliphatic heterocycles. The van der Waals surface area contributed by atoms with Crippen LogP contribution in [-0.2, 0) is 4.79 Å². The molecule has 0 aliphatic carbocycles. The van der Waals surface area contributed by atoms with Gasteiger partial charge in [0.05, 0.1) is 6.61 Å². The van der Waals surface area contributed by atoms with E-state index in [9.17, 15) is 4.79 Å². The van der Waals surface area contributed by atoms with Crippen molar-refractivity contribution in [3.63, 3.8) is 0 Å². The molecular weight excluding hydrogens is 232 g/mol. The lowest BCUT2D eigenvalue weighted by Crippen LogP contribution is -2.51. The molecule has 0 aromatic heterocycles. The van der Waals surface area contributed by atoms with Gasteiger partial charge in [-0.1, -0.05) is 6.92 Å². The lowest BCUT2D eigenvalue weighted by molar-refractivity contribution is -0.133. The summed E-state index contributed by atoms with van der Waals surface area (Å²) in [6.45, 7) is 4.35.